The van der Waals surface area contributed by atoms with Gasteiger partial charge in [-0.2, -0.15) is 0 Å². The largest absolute Gasteiger partial charge is 0.496 e. The Morgan fingerprint density at radius 2 is 1.65 bits per heavy atom. The van der Waals surface area contributed by atoms with Crippen LogP contribution in [0.2, 0.25) is 0 Å². The second-order valence-corrected chi connectivity index (χ2v) is 8.05. The summed E-state index contributed by atoms with van der Waals surface area (Å²) in [7, 11) is 1.57. The van der Waals surface area contributed by atoms with Gasteiger partial charge in [0.05, 0.1) is 24.8 Å². The Bertz CT molecular complexity index is 1140. The van der Waals surface area contributed by atoms with E-state index in [1.54, 1.807) is 31.4 Å². The molecule has 6 nitrogen and oxygen atoms in total. The van der Waals surface area contributed by atoms with Crippen molar-refractivity contribution in [2.24, 2.45) is 0 Å². The molecule has 0 atom stereocenters. The molecule has 1 N–H and O–H groups in total. The average molecular weight is 529 g/mol. The van der Waals surface area contributed by atoms with E-state index in [0.717, 1.165) is 9.13 Å². The van der Waals surface area contributed by atoms with Gasteiger partial charge in [-0.1, -0.05) is 30.3 Å². The summed E-state index contributed by atoms with van der Waals surface area (Å²) in [6.07, 6.45) is 0.106. The van der Waals surface area contributed by atoms with E-state index in [1.807, 2.05) is 36.4 Å². The summed E-state index contributed by atoms with van der Waals surface area (Å²) in [6, 6.07) is 17.9. The fraction of sp³-hybridized carbons (Fsp3) is 0.167. The molecule has 0 unspecified atom stereocenters. The van der Waals surface area contributed by atoms with E-state index in [1.165, 1.54) is 0 Å². The molecule has 4 rings (SSSR count). The summed E-state index contributed by atoms with van der Waals surface area (Å²) in [5.74, 6) is 1.16. The van der Waals surface area contributed by atoms with Crippen molar-refractivity contribution in [3.05, 3.63) is 80.9 Å². The van der Waals surface area contributed by atoms with Crippen LogP contribution in [0.5, 0.6) is 17.2 Å². The quantitative estimate of drug-likeness (QED) is 0.377. The number of ether oxygens (including phenoxy) is 3. The van der Waals surface area contributed by atoms with Gasteiger partial charge in [0.25, 0.3) is 0 Å². The Kier molecular flexibility index (Phi) is 6.41. The fourth-order valence-electron chi connectivity index (χ4n) is 3.39. The van der Waals surface area contributed by atoms with E-state index >= 15 is 0 Å². The number of nitrogens with one attached hydrogen (secondary N) is 1. The zero-order valence-corrected chi connectivity index (χ0v) is 19.0. The molecule has 7 heteroatoms. The molecule has 1 heterocycles. The third-order valence-corrected chi connectivity index (χ3v) is 5.80. The number of rotatable bonds is 6. The van der Waals surface area contributed by atoms with Gasteiger partial charge in [-0.05, 0) is 46.9 Å². The number of methoxy groups -OCH3 is 1. The maximum atomic E-state index is 13.3. The zero-order chi connectivity index (χ0) is 21.8. The van der Waals surface area contributed by atoms with Crippen molar-refractivity contribution in [2.75, 3.05) is 25.6 Å². The highest BCUT2D eigenvalue weighted by atomic mass is 127. The SMILES string of the molecule is COc1ccccc1CC(=O)Nc1cc2c(cc1C(=O)c1ccccc1I)OCCO2. The van der Waals surface area contributed by atoms with Crippen LogP contribution >= 0.6 is 22.6 Å². The lowest BCUT2D eigenvalue weighted by molar-refractivity contribution is -0.115. The van der Waals surface area contributed by atoms with Gasteiger partial charge in [-0.3, -0.25) is 9.59 Å². The lowest BCUT2D eigenvalue weighted by Crippen LogP contribution is -2.20. The van der Waals surface area contributed by atoms with Crippen LogP contribution in [-0.2, 0) is 11.2 Å². The minimum absolute atomic E-state index is 0.106. The van der Waals surface area contributed by atoms with Gasteiger partial charge in [-0.25, -0.2) is 0 Å². The van der Waals surface area contributed by atoms with E-state index in [9.17, 15) is 9.59 Å². The minimum atomic E-state index is -0.266. The first kappa shape index (κ1) is 21.2. The highest BCUT2D eigenvalue weighted by molar-refractivity contribution is 14.1. The standard InChI is InChI=1S/C24H20INO5/c1-29-20-9-5-2-6-15(20)12-23(27)26-19-14-22-21(30-10-11-31-22)13-17(19)24(28)16-7-3-4-8-18(16)25/h2-9,13-14H,10-12H2,1H3,(H,26,27). The average Bonchev–Trinajstić information content (AvgIpc) is 2.79. The molecule has 0 spiro atoms. The van der Waals surface area contributed by atoms with E-state index < -0.39 is 0 Å². The van der Waals surface area contributed by atoms with Gasteiger partial charge in [-0.15, -0.1) is 0 Å². The van der Waals surface area contributed by atoms with E-state index in [2.05, 4.69) is 27.9 Å². The van der Waals surface area contributed by atoms with Crippen LogP contribution < -0.4 is 19.5 Å². The molecule has 1 aliphatic heterocycles. The number of benzene rings is 3. The van der Waals surface area contributed by atoms with Crippen LogP contribution in [0.3, 0.4) is 0 Å². The molecule has 0 saturated carbocycles. The smallest absolute Gasteiger partial charge is 0.228 e. The van der Waals surface area contributed by atoms with Crippen LogP contribution in [0.15, 0.2) is 60.7 Å². The molecular formula is C24H20INO5. The third-order valence-electron chi connectivity index (χ3n) is 4.86. The second kappa shape index (κ2) is 9.38. The fourth-order valence-corrected chi connectivity index (χ4v) is 4.02. The van der Waals surface area contributed by atoms with Gasteiger partial charge in [0.1, 0.15) is 19.0 Å². The van der Waals surface area contributed by atoms with Crippen molar-refractivity contribution in [2.45, 2.75) is 6.42 Å². The van der Waals surface area contributed by atoms with Gasteiger partial charge >= 0.3 is 0 Å². The molecule has 31 heavy (non-hydrogen) atoms. The maximum Gasteiger partial charge on any atom is 0.228 e. The molecule has 1 aliphatic rings. The van der Waals surface area contributed by atoms with Gasteiger partial charge < -0.3 is 19.5 Å². The molecule has 0 radical (unpaired) electrons. The van der Waals surface area contributed by atoms with Crippen LogP contribution in [0.4, 0.5) is 5.69 Å². The summed E-state index contributed by atoms with van der Waals surface area (Å²) in [4.78, 5) is 26.2. The van der Waals surface area contributed by atoms with Crippen LogP contribution in [0, 0.1) is 3.57 Å². The lowest BCUT2D eigenvalue weighted by Gasteiger charge is -2.21. The van der Waals surface area contributed by atoms with Crippen LogP contribution in [0.1, 0.15) is 21.5 Å². The number of anilines is 1. The number of hydrogen-bond donors (Lipinski definition) is 1. The van der Waals surface area contributed by atoms with Crippen molar-refractivity contribution in [1.29, 1.82) is 0 Å². The maximum absolute atomic E-state index is 13.3. The Morgan fingerprint density at radius 1 is 0.968 bits per heavy atom. The topological polar surface area (TPSA) is 73.9 Å². The zero-order valence-electron chi connectivity index (χ0n) is 16.8. The first-order chi connectivity index (χ1) is 15.1. The summed E-state index contributed by atoms with van der Waals surface area (Å²) < 4.78 is 17.5. The van der Waals surface area contributed by atoms with Crippen molar-refractivity contribution in [1.82, 2.24) is 0 Å². The number of carbonyl (C=O) groups is 2. The van der Waals surface area contributed by atoms with Crippen molar-refractivity contribution in [3.8, 4) is 17.2 Å². The summed E-state index contributed by atoms with van der Waals surface area (Å²) in [6.45, 7) is 0.814. The molecule has 3 aromatic carbocycles. The molecule has 0 saturated heterocycles. The summed E-state index contributed by atoms with van der Waals surface area (Å²) in [5, 5.41) is 2.88. The number of para-hydroxylation sites is 1. The summed E-state index contributed by atoms with van der Waals surface area (Å²) in [5.41, 5.74) is 2.04. The van der Waals surface area contributed by atoms with E-state index in [0.29, 0.717) is 47.3 Å². The lowest BCUT2D eigenvalue weighted by atomic mass is 10.0. The predicted octanol–water partition coefficient (Wildman–Crippen LogP) is 4.48. The Labute approximate surface area is 193 Å². The number of carbonyl (C=O) groups excluding carboxylic acids is 2. The van der Waals surface area contributed by atoms with Crippen molar-refractivity contribution < 1.29 is 23.8 Å². The first-order valence-electron chi connectivity index (χ1n) is 9.71. The number of ketones is 1. The molecule has 0 aliphatic carbocycles. The van der Waals surface area contributed by atoms with E-state index in [-0.39, 0.29) is 18.1 Å². The van der Waals surface area contributed by atoms with E-state index in [4.69, 9.17) is 14.2 Å². The van der Waals surface area contributed by atoms with Crippen LogP contribution in [-0.4, -0.2) is 32.0 Å². The number of amides is 1. The number of hydrogen-bond acceptors (Lipinski definition) is 5. The van der Waals surface area contributed by atoms with Crippen LogP contribution in [0.25, 0.3) is 0 Å². The van der Waals surface area contributed by atoms with Gasteiger partial charge in [0.15, 0.2) is 17.3 Å². The van der Waals surface area contributed by atoms with Gasteiger partial charge in [0.2, 0.25) is 5.91 Å². The molecule has 0 bridgehead atoms. The van der Waals surface area contributed by atoms with Crippen molar-refractivity contribution >= 4 is 40.0 Å². The van der Waals surface area contributed by atoms with Crippen molar-refractivity contribution in [3.63, 3.8) is 0 Å². The minimum Gasteiger partial charge on any atom is -0.496 e. The summed E-state index contributed by atoms with van der Waals surface area (Å²) >= 11 is 2.13. The first-order valence-corrected chi connectivity index (χ1v) is 10.8. The number of fused-ring (bicyclic) bond motifs is 1. The molecular weight excluding hydrogens is 509 g/mol. The highest BCUT2D eigenvalue weighted by Crippen LogP contribution is 2.37. The predicted molar refractivity (Wildman–Crippen MR) is 125 cm³/mol. The Hall–Kier alpha value is -3.07. The molecule has 158 valence electrons. The Balaban J connectivity index is 1.68. The number of halogens is 1. The molecule has 3 aromatic rings. The third kappa shape index (κ3) is 4.66. The Morgan fingerprint density at radius 3 is 2.39 bits per heavy atom. The normalized spacial score (nSPS) is 12.2. The molecule has 0 fully saturated rings. The van der Waals surface area contributed by atoms with Gasteiger partial charge in [0, 0.05) is 20.8 Å². The highest BCUT2D eigenvalue weighted by Gasteiger charge is 2.23. The molecule has 0 aromatic heterocycles. The second-order valence-electron chi connectivity index (χ2n) is 6.89. The monoisotopic (exact) mass is 529 g/mol. The molecule has 1 amide bonds.